The summed E-state index contributed by atoms with van der Waals surface area (Å²) in [5, 5.41) is 21.7. The summed E-state index contributed by atoms with van der Waals surface area (Å²) < 4.78 is 5.53. The third-order valence-electron chi connectivity index (χ3n) is 4.70. The van der Waals surface area contributed by atoms with E-state index < -0.39 is 5.63 Å². The molecule has 5 heteroatoms. The van der Waals surface area contributed by atoms with Crippen molar-refractivity contribution in [3.63, 3.8) is 0 Å². The van der Waals surface area contributed by atoms with E-state index in [1.165, 1.54) is 0 Å². The van der Waals surface area contributed by atoms with Crippen molar-refractivity contribution < 1.29 is 14.6 Å². The van der Waals surface area contributed by atoms with Crippen LogP contribution in [0.25, 0.3) is 43.9 Å². The Balaban J connectivity index is 2.10. The van der Waals surface area contributed by atoms with Gasteiger partial charge in [-0.3, -0.25) is 0 Å². The molecule has 0 amide bonds. The first kappa shape index (κ1) is 15.4. The molecular formula is C22H13NO4. The second-order valence-corrected chi connectivity index (χ2v) is 6.32. The number of hydrogen-bond acceptors (Lipinski definition) is 5. The molecule has 2 heterocycles. The van der Waals surface area contributed by atoms with Gasteiger partial charge in [0.05, 0.1) is 10.9 Å². The molecule has 0 aliphatic carbocycles. The summed E-state index contributed by atoms with van der Waals surface area (Å²) in [4.78, 5) is 17.5. The van der Waals surface area contributed by atoms with E-state index in [-0.39, 0.29) is 11.5 Å². The third-order valence-corrected chi connectivity index (χ3v) is 4.70. The highest BCUT2D eigenvalue weighted by Gasteiger charge is 2.19. The second kappa shape index (κ2) is 5.57. The Labute approximate surface area is 152 Å². The van der Waals surface area contributed by atoms with Gasteiger partial charge in [0.25, 0.3) is 0 Å². The molecule has 5 nitrogen and oxygen atoms in total. The van der Waals surface area contributed by atoms with E-state index in [0.29, 0.717) is 38.3 Å². The van der Waals surface area contributed by atoms with E-state index in [1.807, 2.05) is 12.1 Å². The van der Waals surface area contributed by atoms with Crippen molar-refractivity contribution in [1.29, 1.82) is 0 Å². The zero-order chi connectivity index (χ0) is 18.5. The molecule has 0 spiro atoms. The fraction of sp³-hybridized carbons (Fsp3) is 0. The molecule has 0 saturated carbocycles. The van der Waals surface area contributed by atoms with Crippen molar-refractivity contribution in [2.45, 2.75) is 0 Å². The lowest BCUT2D eigenvalue weighted by atomic mass is 9.96. The van der Waals surface area contributed by atoms with Crippen molar-refractivity contribution in [2.24, 2.45) is 0 Å². The van der Waals surface area contributed by atoms with Crippen LogP contribution >= 0.6 is 0 Å². The summed E-state index contributed by atoms with van der Waals surface area (Å²) in [6.07, 6.45) is 0. The highest BCUT2D eigenvalue weighted by Crippen LogP contribution is 2.38. The van der Waals surface area contributed by atoms with E-state index in [0.717, 1.165) is 5.56 Å². The fourth-order valence-electron chi connectivity index (χ4n) is 3.50. The number of benzene rings is 3. The molecule has 3 aromatic carbocycles. The van der Waals surface area contributed by atoms with Gasteiger partial charge in [0.15, 0.2) is 0 Å². The molecule has 0 aliphatic heterocycles. The van der Waals surface area contributed by atoms with E-state index in [4.69, 9.17) is 4.42 Å². The number of pyridine rings is 1. The van der Waals surface area contributed by atoms with Crippen molar-refractivity contribution in [1.82, 2.24) is 4.98 Å². The standard InChI is InChI=1S/C22H13NO4/c24-13-10-8-12(9-11-13)18-15-5-3-6-16(25)20(15)23-21-14-4-1-2-7-17(14)27-22(26)19(18)21/h1-11,24-25H. The van der Waals surface area contributed by atoms with E-state index in [1.54, 1.807) is 54.6 Å². The van der Waals surface area contributed by atoms with Crippen molar-refractivity contribution in [2.75, 3.05) is 0 Å². The van der Waals surface area contributed by atoms with Gasteiger partial charge in [-0.2, -0.15) is 0 Å². The van der Waals surface area contributed by atoms with Crippen molar-refractivity contribution in [3.05, 3.63) is 77.2 Å². The van der Waals surface area contributed by atoms with Gasteiger partial charge in [0.1, 0.15) is 22.6 Å². The average Bonchev–Trinajstić information content (AvgIpc) is 2.68. The van der Waals surface area contributed by atoms with Crippen LogP contribution in [0.15, 0.2) is 75.9 Å². The summed E-state index contributed by atoms with van der Waals surface area (Å²) in [5.41, 5.74) is 2.16. The normalized spacial score (nSPS) is 11.4. The molecule has 0 bridgehead atoms. The van der Waals surface area contributed by atoms with Crippen molar-refractivity contribution in [3.8, 4) is 22.6 Å². The number of aromatic hydroxyl groups is 2. The number of para-hydroxylation sites is 2. The van der Waals surface area contributed by atoms with E-state index in [9.17, 15) is 15.0 Å². The Bertz CT molecular complexity index is 1400. The minimum absolute atomic E-state index is 0.0340. The van der Waals surface area contributed by atoms with Gasteiger partial charge in [0, 0.05) is 16.3 Å². The molecular weight excluding hydrogens is 342 g/mol. The fourth-order valence-corrected chi connectivity index (χ4v) is 3.50. The highest BCUT2D eigenvalue weighted by molar-refractivity contribution is 6.16. The molecule has 0 unspecified atom stereocenters. The molecule has 27 heavy (non-hydrogen) atoms. The molecule has 2 aromatic heterocycles. The zero-order valence-electron chi connectivity index (χ0n) is 14.0. The van der Waals surface area contributed by atoms with E-state index in [2.05, 4.69) is 4.98 Å². The molecule has 5 aromatic rings. The smallest absolute Gasteiger partial charge is 0.346 e. The molecule has 0 saturated heterocycles. The maximum atomic E-state index is 12.9. The van der Waals surface area contributed by atoms with Gasteiger partial charge in [-0.05, 0) is 35.9 Å². The highest BCUT2D eigenvalue weighted by atomic mass is 16.4. The van der Waals surface area contributed by atoms with Gasteiger partial charge in [-0.15, -0.1) is 0 Å². The second-order valence-electron chi connectivity index (χ2n) is 6.32. The van der Waals surface area contributed by atoms with Crippen molar-refractivity contribution >= 4 is 32.8 Å². The summed E-state index contributed by atoms with van der Waals surface area (Å²) in [6, 6.07) is 18.8. The summed E-state index contributed by atoms with van der Waals surface area (Å²) in [7, 11) is 0. The van der Waals surface area contributed by atoms with Crippen LogP contribution in [-0.4, -0.2) is 15.2 Å². The topological polar surface area (TPSA) is 83.6 Å². The number of phenols is 2. The van der Waals surface area contributed by atoms with Gasteiger partial charge >= 0.3 is 5.63 Å². The Morgan fingerprint density at radius 1 is 0.778 bits per heavy atom. The van der Waals surface area contributed by atoms with Crippen LogP contribution in [0.5, 0.6) is 11.5 Å². The molecule has 0 fully saturated rings. The Kier molecular flexibility index (Phi) is 3.18. The predicted octanol–water partition coefficient (Wildman–Crippen LogP) is 4.57. The molecule has 2 N–H and O–H groups in total. The third kappa shape index (κ3) is 2.25. The Hall–Kier alpha value is -3.86. The Morgan fingerprint density at radius 3 is 2.33 bits per heavy atom. The van der Waals surface area contributed by atoms with Gasteiger partial charge < -0.3 is 14.6 Å². The van der Waals surface area contributed by atoms with Crippen LogP contribution in [0.4, 0.5) is 0 Å². The number of fused-ring (bicyclic) bond motifs is 4. The summed E-state index contributed by atoms with van der Waals surface area (Å²) in [5.74, 6) is 0.161. The molecule has 130 valence electrons. The Morgan fingerprint density at radius 2 is 1.52 bits per heavy atom. The van der Waals surface area contributed by atoms with Gasteiger partial charge in [-0.1, -0.05) is 36.4 Å². The number of nitrogens with zero attached hydrogens (tertiary/aromatic N) is 1. The van der Waals surface area contributed by atoms with Gasteiger partial charge in [-0.25, -0.2) is 9.78 Å². The molecule has 0 aliphatic rings. The largest absolute Gasteiger partial charge is 0.508 e. The first-order valence-corrected chi connectivity index (χ1v) is 8.40. The quantitative estimate of drug-likeness (QED) is 0.261. The van der Waals surface area contributed by atoms with E-state index >= 15 is 0 Å². The SMILES string of the molecule is O=c1oc2ccccc2c2nc3c(O)cccc3c(-c3ccc(O)cc3)c12. The maximum absolute atomic E-state index is 12.9. The first-order valence-electron chi connectivity index (χ1n) is 8.40. The minimum atomic E-state index is -0.496. The number of aromatic nitrogens is 1. The minimum Gasteiger partial charge on any atom is -0.508 e. The van der Waals surface area contributed by atoms with Crippen LogP contribution in [-0.2, 0) is 0 Å². The van der Waals surface area contributed by atoms with Crippen LogP contribution < -0.4 is 5.63 Å². The van der Waals surface area contributed by atoms with Crippen LogP contribution in [0.2, 0.25) is 0 Å². The first-order chi connectivity index (χ1) is 13.1. The summed E-state index contributed by atoms with van der Waals surface area (Å²) >= 11 is 0. The molecule has 0 radical (unpaired) electrons. The number of phenolic OH excluding ortho intramolecular Hbond substituents is 2. The van der Waals surface area contributed by atoms with Gasteiger partial charge in [0.2, 0.25) is 0 Å². The van der Waals surface area contributed by atoms with Crippen LogP contribution in [0.3, 0.4) is 0 Å². The number of hydrogen-bond donors (Lipinski definition) is 2. The summed E-state index contributed by atoms with van der Waals surface area (Å²) in [6.45, 7) is 0. The molecule has 5 rings (SSSR count). The lowest BCUT2D eigenvalue weighted by Gasteiger charge is -2.12. The maximum Gasteiger partial charge on any atom is 0.346 e. The average molecular weight is 355 g/mol. The predicted molar refractivity (Wildman–Crippen MR) is 104 cm³/mol. The number of rotatable bonds is 1. The zero-order valence-corrected chi connectivity index (χ0v) is 14.0. The van der Waals surface area contributed by atoms with Crippen LogP contribution in [0.1, 0.15) is 0 Å². The monoisotopic (exact) mass is 355 g/mol. The van der Waals surface area contributed by atoms with Crippen LogP contribution in [0, 0.1) is 0 Å². The lowest BCUT2D eigenvalue weighted by Crippen LogP contribution is -2.04. The molecule has 0 atom stereocenters. The lowest BCUT2D eigenvalue weighted by molar-refractivity contribution is 0.475.